The standard InChI is InChI=1S/C12H21NO5/c1-11(2,3)18-10(15)13-12(5-6-17-8-12)9(14)7-16-4/h5-8H2,1-4H3,(H,13,15). The number of ether oxygens (including phenoxy) is 3. The molecule has 18 heavy (non-hydrogen) atoms. The second-order valence-electron chi connectivity index (χ2n) is 5.37. The highest BCUT2D eigenvalue weighted by Gasteiger charge is 2.44. The number of rotatable bonds is 4. The van der Waals surface area contributed by atoms with Crippen molar-refractivity contribution >= 4 is 11.9 Å². The van der Waals surface area contributed by atoms with Gasteiger partial charge in [0.1, 0.15) is 17.7 Å². The third-order valence-corrected chi connectivity index (χ3v) is 2.57. The van der Waals surface area contributed by atoms with Crippen LogP contribution in [0.25, 0.3) is 0 Å². The van der Waals surface area contributed by atoms with Crippen LogP contribution in [0.3, 0.4) is 0 Å². The molecule has 1 heterocycles. The van der Waals surface area contributed by atoms with Gasteiger partial charge >= 0.3 is 6.09 Å². The third kappa shape index (κ3) is 3.96. The number of ketones is 1. The summed E-state index contributed by atoms with van der Waals surface area (Å²) in [7, 11) is 1.44. The number of amides is 1. The Morgan fingerprint density at radius 3 is 2.50 bits per heavy atom. The van der Waals surface area contributed by atoms with Crippen molar-refractivity contribution in [2.24, 2.45) is 0 Å². The van der Waals surface area contributed by atoms with Crippen molar-refractivity contribution < 1.29 is 23.8 Å². The van der Waals surface area contributed by atoms with E-state index in [1.54, 1.807) is 20.8 Å². The summed E-state index contributed by atoms with van der Waals surface area (Å²) in [6, 6.07) is 0. The highest BCUT2D eigenvalue weighted by molar-refractivity contribution is 5.93. The molecule has 1 unspecified atom stereocenters. The van der Waals surface area contributed by atoms with Crippen molar-refractivity contribution in [3.8, 4) is 0 Å². The fourth-order valence-electron chi connectivity index (χ4n) is 1.72. The van der Waals surface area contributed by atoms with Gasteiger partial charge in [0.25, 0.3) is 0 Å². The van der Waals surface area contributed by atoms with Gasteiger partial charge in [0.2, 0.25) is 0 Å². The number of nitrogens with one attached hydrogen (secondary N) is 1. The van der Waals surface area contributed by atoms with E-state index in [0.717, 1.165) is 0 Å². The molecule has 0 aliphatic carbocycles. The first-order chi connectivity index (χ1) is 8.29. The molecule has 0 bridgehead atoms. The predicted octanol–water partition coefficient (Wildman–Crippen LogP) is 0.886. The minimum Gasteiger partial charge on any atom is -0.444 e. The molecular formula is C12H21NO5. The van der Waals surface area contributed by atoms with Crippen LogP contribution in [0.5, 0.6) is 0 Å². The first-order valence-electron chi connectivity index (χ1n) is 5.90. The maximum atomic E-state index is 12.0. The second kappa shape index (κ2) is 5.67. The Bertz CT molecular complexity index is 315. The summed E-state index contributed by atoms with van der Waals surface area (Å²) >= 11 is 0. The molecule has 0 radical (unpaired) electrons. The number of hydrogen-bond donors (Lipinski definition) is 1. The number of carbonyl (C=O) groups is 2. The van der Waals surface area contributed by atoms with Gasteiger partial charge in [-0.3, -0.25) is 4.79 Å². The predicted molar refractivity (Wildman–Crippen MR) is 64.4 cm³/mol. The maximum absolute atomic E-state index is 12.0. The SMILES string of the molecule is COCC(=O)C1(NC(=O)OC(C)(C)C)CCOC1. The topological polar surface area (TPSA) is 73.9 Å². The third-order valence-electron chi connectivity index (χ3n) is 2.57. The summed E-state index contributed by atoms with van der Waals surface area (Å²) in [6.45, 7) is 5.84. The average molecular weight is 259 g/mol. The molecule has 104 valence electrons. The Labute approximate surface area is 107 Å². The zero-order valence-electron chi connectivity index (χ0n) is 11.4. The van der Waals surface area contributed by atoms with Gasteiger partial charge in [-0.15, -0.1) is 0 Å². The van der Waals surface area contributed by atoms with Gasteiger partial charge in [-0.25, -0.2) is 4.79 Å². The van der Waals surface area contributed by atoms with Crippen molar-refractivity contribution in [1.29, 1.82) is 0 Å². The van der Waals surface area contributed by atoms with E-state index in [1.165, 1.54) is 7.11 Å². The fourth-order valence-corrected chi connectivity index (χ4v) is 1.72. The van der Waals surface area contributed by atoms with Crippen LogP contribution in [0.4, 0.5) is 4.79 Å². The van der Waals surface area contributed by atoms with Crippen LogP contribution in [0.2, 0.25) is 0 Å². The molecule has 0 aromatic carbocycles. The van der Waals surface area contributed by atoms with E-state index < -0.39 is 17.2 Å². The van der Waals surface area contributed by atoms with E-state index in [9.17, 15) is 9.59 Å². The summed E-state index contributed by atoms with van der Waals surface area (Å²) in [5.74, 6) is -0.201. The normalized spacial score (nSPS) is 23.8. The van der Waals surface area contributed by atoms with E-state index in [1.807, 2.05) is 0 Å². The lowest BCUT2D eigenvalue weighted by Gasteiger charge is -2.29. The Balaban J connectivity index is 2.69. The van der Waals surface area contributed by atoms with Gasteiger partial charge in [0.05, 0.1) is 6.61 Å². The highest BCUT2D eigenvalue weighted by Crippen LogP contribution is 2.21. The molecule has 0 aromatic heterocycles. The molecule has 1 saturated heterocycles. The number of Topliss-reactive ketones (excluding diaryl/α,β-unsaturated/α-hetero) is 1. The molecule has 1 atom stereocenters. The lowest BCUT2D eigenvalue weighted by molar-refractivity contribution is -0.129. The Morgan fingerprint density at radius 2 is 2.06 bits per heavy atom. The minimum atomic E-state index is -1.02. The monoisotopic (exact) mass is 259 g/mol. The number of alkyl carbamates (subject to hydrolysis) is 1. The lowest BCUT2D eigenvalue weighted by atomic mass is 9.93. The zero-order valence-corrected chi connectivity index (χ0v) is 11.4. The van der Waals surface area contributed by atoms with Crippen molar-refractivity contribution in [3.05, 3.63) is 0 Å². The smallest absolute Gasteiger partial charge is 0.408 e. The molecule has 6 nitrogen and oxygen atoms in total. The Kier molecular flexibility index (Phi) is 4.70. The highest BCUT2D eigenvalue weighted by atomic mass is 16.6. The molecule has 1 N–H and O–H groups in total. The van der Waals surface area contributed by atoms with E-state index in [-0.39, 0.29) is 19.0 Å². The molecule has 0 spiro atoms. The summed E-state index contributed by atoms with van der Waals surface area (Å²) < 4.78 is 15.2. The minimum absolute atomic E-state index is 0.0564. The second-order valence-corrected chi connectivity index (χ2v) is 5.37. The van der Waals surface area contributed by atoms with Crippen molar-refractivity contribution in [2.75, 3.05) is 26.9 Å². The number of carbonyl (C=O) groups excluding carboxylic acids is 2. The first kappa shape index (κ1) is 14.9. The quantitative estimate of drug-likeness (QED) is 0.811. The van der Waals surface area contributed by atoms with Gasteiger partial charge in [-0.1, -0.05) is 0 Å². The molecular weight excluding hydrogens is 238 g/mol. The molecule has 1 rings (SSSR count). The lowest BCUT2D eigenvalue weighted by Crippen LogP contribution is -2.57. The van der Waals surface area contributed by atoms with Crippen LogP contribution in [0.15, 0.2) is 0 Å². The van der Waals surface area contributed by atoms with E-state index >= 15 is 0 Å². The fraction of sp³-hybridized carbons (Fsp3) is 0.833. The van der Waals surface area contributed by atoms with Crippen LogP contribution in [-0.2, 0) is 19.0 Å². The van der Waals surface area contributed by atoms with Crippen molar-refractivity contribution in [2.45, 2.75) is 38.3 Å². The molecule has 1 amide bonds. The van der Waals surface area contributed by atoms with E-state index in [0.29, 0.717) is 13.0 Å². The molecule has 0 saturated carbocycles. The van der Waals surface area contributed by atoms with Crippen molar-refractivity contribution in [3.63, 3.8) is 0 Å². The molecule has 1 fully saturated rings. The van der Waals surface area contributed by atoms with E-state index in [2.05, 4.69) is 5.32 Å². The van der Waals surface area contributed by atoms with Gasteiger partial charge in [0, 0.05) is 20.1 Å². The maximum Gasteiger partial charge on any atom is 0.408 e. The van der Waals surface area contributed by atoms with Crippen LogP contribution >= 0.6 is 0 Å². The van der Waals surface area contributed by atoms with Crippen LogP contribution in [0.1, 0.15) is 27.2 Å². The Hall–Kier alpha value is -1.14. The van der Waals surface area contributed by atoms with Crippen LogP contribution in [-0.4, -0.2) is 49.9 Å². The zero-order chi connectivity index (χ0) is 13.8. The average Bonchev–Trinajstić information content (AvgIpc) is 2.64. The van der Waals surface area contributed by atoms with Crippen LogP contribution in [0, 0.1) is 0 Å². The van der Waals surface area contributed by atoms with Gasteiger partial charge in [-0.05, 0) is 20.8 Å². The summed E-state index contributed by atoms with van der Waals surface area (Å²) in [5.41, 5.74) is -1.62. The molecule has 6 heteroatoms. The molecule has 1 aliphatic rings. The summed E-state index contributed by atoms with van der Waals surface area (Å²) in [4.78, 5) is 23.7. The van der Waals surface area contributed by atoms with Crippen LogP contribution < -0.4 is 5.32 Å². The van der Waals surface area contributed by atoms with Gasteiger partial charge < -0.3 is 19.5 Å². The summed E-state index contributed by atoms with van der Waals surface area (Å²) in [6.07, 6.45) is -0.175. The molecule has 1 aliphatic heterocycles. The van der Waals surface area contributed by atoms with Gasteiger partial charge in [-0.2, -0.15) is 0 Å². The van der Waals surface area contributed by atoms with Gasteiger partial charge in [0.15, 0.2) is 5.78 Å². The largest absolute Gasteiger partial charge is 0.444 e. The van der Waals surface area contributed by atoms with E-state index in [4.69, 9.17) is 14.2 Å². The summed E-state index contributed by atoms with van der Waals surface area (Å²) in [5, 5.41) is 2.62. The number of hydrogen-bond acceptors (Lipinski definition) is 5. The first-order valence-corrected chi connectivity index (χ1v) is 5.90. The Morgan fingerprint density at radius 1 is 1.39 bits per heavy atom. The molecule has 0 aromatic rings. The van der Waals surface area contributed by atoms with Crippen molar-refractivity contribution in [1.82, 2.24) is 5.32 Å². The number of methoxy groups -OCH3 is 1.